The molecule has 0 aromatic heterocycles. The van der Waals surface area contributed by atoms with Crippen LogP contribution in [0.1, 0.15) is 83.6 Å². The number of allylic oxidation sites excluding steroid dienone is 1. The first-order valence-corrected chi connectivity index (χ1v) is 19.0. The Morgan fingerprint density at radius 3 is 2.59 bits per heavy atom. The number of halogens is 1. The van der Waals surface area contributed by atoms with Gasteiger partial charge in [-0.15, -0.1) is 18.2 Å². The highest BCUT2D eigenvalue weighted by Crippen LogP contribution is 2.62. The summed E-state index contributed by atoms with van der Waals surface area (Å²) in [6.07, 6.45) is 8.31. The molecule has 1 heterocycles. The Bertz CT molecular complexity index is 1370. The summed E-state index contributed by atoms with van der Waals surface area (Å²) in [6, 6.07) is 4.69. The Morgan fingerprint density at radius 2 is 1.92 bits per heavy atom. The molecule has 0 spiro atoms. The number of ether oxygens (including phenoxy) is 4. The van der Waals surface area contributed by atoms with Gasteiger partial charge in [-0.2, -0.15) is 0 Å². The van der Waals surface area contributed by atoms with E-state index in [9.17, 15) is 19.8 Å². The number of hydrogen-bond donors (Lipinski definition) is 3. The van der Waals surface area contributed by atoms with Crippen molar-refractivity contribution in [1.82, 2.24) is 10.2 Å². The van der Waals surface area contributed by atoms with Crippen molar-refractivity contribution >= 4 is 29.5 Å². The number of unbranched alkanes of at least 4 members (excludes halogenated alkanes) is 2. The number of alkyl halides is 1. The van der Waals surface area contributed by atoms with Crippen molar-refractivity contribution in [3.8, 4) is 11.5 Å². The molecule has 4 rings (SSSR count). The predicted octanol–water partition coefficient (Wildman–Crippen LogP) is 6.54. The first-order chi connectivity index (χ1) is 24.8. The van der Waals surface area contributed by atoms with Gasteiger partial charge in [-0.25, -0.2) is 9.59 Å². The van der Waals surface area contributed by atoms with Gasteiger partial charge in [0.1, 0.15) is 30.8 Å². The lowest BCUT2D eigenvalue weighted by molar-refractivity contribution is -0.255. The standard InChI is InChI=1S/C38H56ClN3O9/c1-5-18-42(37(46)47-22-17-39)33-25-31(41-49-8-4)29-23-26(13-9-11-19-43)28(14-10-12-20-44)34-30-24-27(50-36(45)40-7-3)15-16-32(30)51-38(33,35(29)34)48-21-6-2/h6,15-16,23-24,26,28,33-35,43-44H,2,5,7-14,17-22,25H2,1,3-4H3,(H,40,45)/t26-,28+,33-,34+,35+,38+/m0/s1. The number of benzene rings is 1. The summed E-state index contributed by atoms with van der Waals surface area (Å²) in [4.78, 5) is 33.8. The van der Waals surface area contributed by atoms with Crippen LogP contribution in [0.3, 0.4) is 0 Å². The molecule has 0 saturated heterocycles. The molecule has 3 N–H and O–H groups in total. The molecule has 51 heavy (non-hydrogen) atoms. The molecule has 2 amide bonds. The molecule has 284 valence electrons. The van der Waals surface area contributed by atoms with Crippen LogP contribution in [-0.2, 0) is 14.3 Å². The zero-order valence-electron chi connectivity index (χ0n) is 30.3. The summed E-state index contributed by atoms with van der Waals surface area (Å²) in [5, 5.41) is 26.9. The second-order valence-electron chi connectivity index (χ2n) is 13.1. The van der Waals surface area contributed by atoms with Crippen molar-refractivity contribution in [2.45, 2.75) is 89.9 Å². The van der Waals surface area contributed by atoms with Crippen LogP contribution in [0.4, 0.5) is 9.59 Å². The normalized spacial score (nSPS) is 25.5. The number of hydrogen-bond acceptors (Lipinski definition) is 10. The predicted molar refractivity (Wildman–Crippen MR) is 195 cm³/mol. The van der Waals surface area contributed by atoms with Gasteiger partial charge in [0.25, 0.3) is 0 Å². The van der Waals surface area contributed by atoms with Crippen LogP contribution in [0.15, 0.2) is 47.7 Å². The van der Waals surface area contributed by atoms with Crippen molar-refractivity contribution in [3.63, 3.8) is 0 Å². The van der Waals surface area contributed by atoms with Gasteiger partial charge in [-0.3, -0.25) is 4.90 Å². The molecule has 6 atom stereocenters. The number of aliphatic hydroxyl groups excluding tert-OH is 2. The smallest absolute Gasteiger partial charge is 0.412 e. The van der Waals surface area contributed by atoms with E-state index in [1.165, 1.54) is 0 Å². The summed E-state index contributed by atoms with van der Waals surface area (Å²) in [5.41, 5.74) is 2.48. The highest BCUT2D eigenvalue weighted by molar-refractivity contribution is 6.18. The van der Waals surface area contributed by atoms with Gasteiger partial charge >= 0.3 is 12.2 Å². The summed E-state index contributed by atoms with van der Waals surface area (Å²) >= 11 is 5.95. The minimum atomic E-state index is -1.40. The second-order valence-corrected chi connectivity index (χ2v) is 13.5. The monoisotopic (exact) mass is 733 g/mol. The molecule has 2 aliphatic carbocycles. The lowest BCUT2D eigenvalue weighted by Gasteiger charge is -2.59. The highest BCUT2D eigenvalue weighted by Gasteiger charge is 2.65. The van der Waals surface area contributed by atoms with E-state index in [1.54, 1.807) is 23.1 Å². The summed E-state index contributed by atoms with van der Waals surface area (Å²) in [6.45, 7) is 11.1. The number of rotatable bonds is 20. The van der Waals surface area contributed by atoms with Gasteiger partial charge in [0.2, 0.25) is 5.79 Å². The van der Waals surface area contributed by atoms with Gasteiger partial charge in [-0.1, -0.05) is 37.1 Å². The van der Waals surface area contributed by atoms with Crippen LogP contribution in [0, 0.1) is 17.8 Å². The molecule has 1 saturated carbocycles. The van der Waals surface area contributed by atoms with Gasteiger partial charge in [0.15, 0.2) is 0 Å². The number of amides is 2. The van der Waals surface area contributed by atoms with Crippen molar-refractivity contribution in [1.29, 1.82) is 0 Å². The zero-order chi connectivity index (χ0) is 36.8. The first-order valence-electron chi connectivity index (χ1n) is 18.5. The second kappa shape index (κ2) is 20.1. The summed E-state index contributed by atoms with van der Waals surface area (Å²) < 4.78 is 25.3. The number of nitrogens with one attached hydrogen (secondary N) is 1. The van der Waals surface area contributed by atoms with Gasteiger partial charge < -0.3 is 39.3 Å². The molecule has 13 heteroatoms. The van der Waals surface area contributed by atoms with E-state index in [0.717, 1.165) is 36.8 Å². The molecule has 0 bridgehead atoms. The Kier molecular flexibility index (Phi) is 15.9. The topological polar surface area (TPSA) is 148 Å². The molecular weight excluding hydrogens is 678 g/mol. The molecule has 1 aromatic carbocycles. The van der Waals surface area contributed by atoms with E-state index in [4.69, 9.17) is 35.4 Å². The number of nitrogens with zero attached hydrogens (tertiary/aromatic N) is 2. The van der Waals surface area contributed by atoms with Crippen LogP contribution in [0.5, 0.6) is 11.5 Å². The molecule has 1 aliphatic heterocycles. The SMILES string of the molecule is C=CCO[C@@]12Oc3ccc(OC(=O)NCC)cc3[C@H]3[C@H](CCCCO)[C@@H](CCCCO)C=C(C(=NOCC)C[C@@H]1N(CCC)C(=O)OCCCl)[C@H]32. The van der Waals surface area contributed by atoms with E-state index < -0.39 is 29.9 Å². The average Bonchev–Trinajstić information content (AvgIpc) is 3.12. The fourth-order valence-electron chi connectivity index (χ4n) is 7.97. The van der Waals surface area contributed by atoms with Crippen LogP contribution < -0.4 is 14.8 Å². The maximum atomic E-state index is 13.9. The number of fused-ring (bicyclic) bond motifs is 2. The molecule has 3 aliphatic rings. The lowest BCUT2D eigenvalue weighted by Crippen LogP contribution is -2.70. The number of carbonyl (C=O) groups excluding carboxylic acids is 2. The van der Waals surface area contributed by atoms with Crippen LogP contribution in [0.25, 0.3) is 0 Å². The van der Waals surface area contributed by atoms with Crippen LogP contribution >= 0.6 is 11.6 Å². The third-order valence-corrected chi connectivity index (χ3v) is 10.0. The van der Waals surface area contributed by atoms with Crippen molar-refractivity contribution in [2.75, 3.05) is 52.0 Å². The molecule has 1 aromatic rings. The van der Waals surface area contributed by atoms with E-state index in [-0.39, 0.29) is 56.5 Å². The van der Waals surface area contributed by atoms with Gasteiger partial charge in [0.05, 0.1) is 24.1 Å². The van der Waals surface area contributed by atoms with E-state index in [1.807, 2.05) is 26.8 Å². The Morgan fingerprint density at radius 1 is 1.16 bits per heavy atom. The van der Waals surface area contributed by atoms with Crippen molar-refractivity contribution < 1.29 is 43.6 Å². The zero-order valence-corrected chi connectivity index (χ0v) is 31.1. The quantitative estimate of drug-likeness (QED) is 0.0588. The van der Waals surface area contributed by atoms with Gasteiger partial charge in [-0.05, 0) is 81.6 Å². The minimum absolute atomic E-state index is 0.0352. The van der Waals surface area contributed by atoms with E-state index in [0.29, 0.717) is 56.2 Å². The summed E-state index contributed by atoms with van der Waals surface area (Å²) in [7, 11) is 0. The first kappa shape index (κ1) is 40.5. The Balaban J connectivity index is 2.03. The maximum absolute atomic E-state index is 13.9. The summed E-state index contributed by atoms with van der Waals surface area (Å²) in [5.74, 6) is -0.919. The van der Waals surface area contributed by atoms with Crippen LogP contribution in [0.2, 0.25) is 0 Å². The maximum Gasteiger partial charge on any atom is 0.412 e. The van der Waals surface area contributed by atoms with Crippen molar-refractivity contribution in [3.05, 3.63) is 48.1 Å². The van der Waals surface area contributed by atoms with Crippen molar-refractivity contribution in [2.24, 2.45) is 22.9 Å². The molecule has 1 fully saturated rings. The Hall–Kier alpha value is -3.32. The molecule has 0 radical (unpaired) electrons. The number of carbonyl (C=O) groups is 2. The minimum Gasteiger partial charge on any atom is -0.459 e. The highest BCUT2D eigenvalue weighted by atomic mass is 35.5. The third-order valence-electron chi connectivity index (χ3n) is 9.86. The fraction of sp³-hybridized carbons (Fsp3) is 0.658. The number of aliphatic hydroxyl groups is 2. The average molecular weight is 734 g/mol. The third kappa shape index (κ3) is 9.38. The lowest BCUT2D eigenvalue weighted by atomic mass is 9.55. The molecular formula is C38H56ClN3O9. The molecule has 12 nitrogen and oxygen atoms in total. The number of oxime groups is 1. The van der Waals surface area contributed by atoms with E-state index in [2.05, 4.69) is 23.1 Å². The van der Waals surface area contributed by atoms with Gasteiger partial charge in [0, 0.05) is 44.2 Å². The Labute approximate surface area is 307 Å². The molecule has 0 unspecified atom stereocenters. The fourth-order valence-corrected chi connectivity index (χ4v) is 8.04. The van der Waals surface area contributed by atoms with Crippen LogP contribution in [-0.4, -0.2) is 96.8 Å². The largest absolute Gasteiger partial charge is 0.459 e. The van der Waals surface area contributed by atoms with E-state index >= 15 is 0 Å².